The van der Waals surface area contributed by atoms with Gasteiger partial charge in [0.15, 0.2) is 0 Å². The lowest BCUT2D eigenvalue weighted by Gasteiger charge is -2.08. The van der Waals surface area contributed by atoms with Crippen LogP contribution >= 0.6 is 0 Å². The number of amides is 1. The molecule has 0 saturated carbocycles. The largest absolute Gasteiger partial charge is 0.370 e. The third kappa shape index (κ3) is 5.18. The van der Waals surface area contributed by atoms with Gasteiger partial charge in [-0.15, -0.1) is 0 Å². The standard InChI is InChI=1S/C22H23N3O/c1-17-9-12-20(13-10-17)25-22(26)19-11-14-21(24-16-19)23-15-5-8-18-6-3-2-4-7-18/h2-4,6-7,9-14,16H,5,8,15H2,1H3,(H,23,24)(H,25,26). The Labute approximate surface area is 154 Å². The molecule has 0 aliphatic heterocycles. The first kappa shape index (κ1) is 17.7. The molecule has 3 rings (SSSR count). The van der Waals surface area contributed by atoms with Gasteiger partial charge in [0.05, 0.1) is 5.56 Å². The van der Waals surface area contributed by atoms with Crippen LogP contribution in [0.3, 0.4) is 0 Å². The van der Waals surface area contributed by atoms with Crippen LogP contribution in [0, 0.1) is 6.92 Å². The number of aryl methyl sites for hydroxylation is 2. The monoisotopic (exact) mass is 345 g/mol. The third-order valence-corrected chi connectivity index (χ3v) is 4.13. The van der Waals surface area contributed by atoms with Crippen LogP contribution in [0.4, 0.5) is 11.5 Å². The third-order valence-electron chi connectivity index (χ3n) is 4.13. The summed E-state index contributed by atoms with van der Waals surface area (Å²) in [6.45, 7) is 2.86. The van der Waals surface area contributed by atoms with Gasteiger partial charge in [-0.2, -0.15) is 0 Å². The zero-order valence-corrected chi connectivity index (χ0v) is 14.9. The molecule has 132 valence electrons. The van der Waals surface area contributed by atoms with Crippen molar-refractivity contribution in [3.8, 4) is 0 Å². The highest BCUT2D eigenvalue weighted by Gasteiger charge is 2.06. The van der Waals surface area contributed by atoms with E-state index in [9.17, 15) is 4.79 Å². The summed E-state index contributed by atoms with van der Waals surface area (Å²) in [5.41, 5.74) is 3.82. The lowest BCUT2D eigenvalue weighted by Crippen LogP contribution is -2.12. The average Bonchev–Trinajstić information content (AvgIpc) is 2.68. The Morgan fingerprint density at radius 1 is 0.962 bits per heavy atom. The predicted molar refractivity (Wildman–Crippen MR) is 107 cm³/mol. The van der Waals surface area contributed by atoms with E-state index in [4.69, 9.17) is 0 Å². The molecule has 2 N–H and O–H groups in total. The van der Waals surface area contributed by atoms with Crippen molar-refractivity contribution in [2.24, 2.45) is 0 Å². The van der Waals surface area contributed by atoms with Gasteiger partial charge in [-0.05, 0) is 49.6 Å². The Bertz CT molecular complexity index is 828. The Balaban J connectivity index is 1.46. The van der Waals surface area contributed by atoms with E-state index in [2.05, 4.69) is 39.9 Å². The number of hydrogen-bond donors (Lipinski definition) is 2. The Hall–Kier alpha value is -3.14. The van der Waals surface area contributed by atoms with Crippen molar-refractivity contribution in [1.29, 1.82) is 0 Å². The van der Waals surface area contributed by atoms with Gasteiger partial charge in [0, 0.05) is 18.4 Å². The molecule has 2 aromatic carbocycles. The van der Waals surface area contributed by atoms with Crippen molar-refractivity contribution in [3.63, 3.8) is 0 Å². The fraction of sp³-hybridized carbons (Fsp3) is 0.182. The second-order valence-corrected chi connectivity index (χ2v) is 6.27. The van der Waals surface area contributed by atoms with Gasteiger partial charge in [-0.25, -0.2) is 4.98 Å². The number of hydrogen-bond acceptors (Lipinski definition) is 3. The van der Waals surface area contributed by atoms with Crippen molar-refractivity contribution in [1.82, 2.24) is 4.98 Å². The van der Waals surface area contributed by atoms with E-state index in [0.717, 1.165) is 36.5 Å². The molecule has 0 fully saturated rings. The van der Waals surface area contributed by atoms with E-state index >= 15 is 0 Å². The molecule has 4 nitrogen and oxygen atoms in total. The summed E-state index contributed by atoms with van der Waals surface area (Å²) in [4.78, 5) is 16.6. The van der Waals surface area contributed by atoms with Crippen LogP contribution in [0.1, 0.15) is 27.9 Å². The zero-order valence-electron chi connectivity index (χ0n) is 14.9. The van der Waals surface area contributed by atoms with E-state index in [-0.39, 0.29) is 5.91 Å². The molecule has 3 aromatic rings. The van der Waals surface area contributed by atoms with Gasteiger partial charge in [0.1, 0.15) is 5.82 Å². The second-order valence-electron chi connectivity index (χ2n) is 6.27. The van der Waals surface area contributed by atoms with Gasteiger partial charge < -0.3 is 10.6 Å². The molecule has 0 aliphatic carbocycles. The minimum absolute atomic E-state index is 0.156. The molecule has 1 aromatic heterocycles. The van der Waals surface area contributed by atoms with Crippen LogP contribution in [0.2, 0.25) is 0 Å². The Morgan fingerprint density at radius 2 is 1.73 bits per heavy atom. The molecular weight excluding hydrogens is 322 g/mol. The molecule has 26 heavy (non-hydrogen) atoms. The van der Waals surface area contributed by atoms with E-state index in [0.29, 0.717) is 5.56 Å². The number of pyridine rings is 1. The topological polar surface area (TPSA) is 54.0 Å². The molecule has 4 heteroatoms. The van der Waals surface area contributed by atoms with Crippen LogP contribution in [0.25, 0.3) is 0 Å². The van der Waals surface area contributed by atoms with Crippen molar-refractivity contribution in [3.05, 3.63) is 89.6 Å². The van der Waals surface area contributed by atoms with E-state index in [1.807, 2.05) is 43.3 Å². The highest BCUT2D eigenvalue weighted by molar-refractivity contribution is 6.04. The number of rotatable bonds is 7. The predicted octanol–water partition coefficient (Wildman–Crippen LogP) is 4.69. The molecule has 0 atom stereocenters. The zero-order chi connectivity index (χ0) is 18.2. The SMILES string of the molecule is Cc1ccc(NC(=O)c2ccc(NCCCc3ccccc3)nc2)cc1. The summed E-state index contributed by atoms with van der Waals surface area (Å²) >= 11 is 0. The van der Waals surface area contributed by atoms with Gasteiger partial charge in [0.25, 0.3) is 5.91 Å². The molecule has 1 amide bonds. The first-order valence-corrected chi connectivity index (χ1v) is 8.82. The minimum Gasteiger partial charge on any atom is -0.370 e. The van der Waals surface area contributed by atoms with Crippen LogP contribution in [-0.4, -0.2) is 17.4 Å². The molecular formula is C22H23N3O. The van der Waals surface area contributed by atoms with Crippen LogP contribution in [0.5, 0.6) is 0 Å². The summed E-state index contributed by atoms with van der Waals surface area (Å²) in [7, 11) is 0. The maximum atomic E-state index is 12.3. The van der Waals surface area contributed by atoms with Crippen LogP contribution in [-0.2, 0) is 6.42 Å². The molecule has 0 spiro atoms. The molecule has 0 radical (unpaired) electrons. The summed E-state index contributed by atoms with van der Waals surface area (Å²) in [5, 5.41) is 6.17. The summed E-state index contributed by atoms with van der Waals surface area (Å²) in [6.07, 6.45) is 3.66. The van der Waals surface area contributed by atoms with Crippen LogP contribution < -0.4 is 10.6 Å². The Kier molecular flexibility index (Phi) is 5.99. The first-order valence-electron chi connectivity index (χ1n) is 8.82. The van der Waals surface area contributed by atoms with Crippen LogP contribution in [0.15, 0.2) is 72.9 Å². The summed E-state index contributed by atoms with van der Waals surface area (Å²) in [5.74, 6) is 0.627. The average molecular weight is 345 g/mol. The lowest BCUT2D eigenvalue weighted by atomic mass is 10.1. The smallest absolute Gasteiger partial charge is 0.257 e. The highest BCUT2D eigenvalue weighted by atomic mass is 16.1. The number of anilines is 2. The maximum absolute atomic E-state index is 12.3. The number of carbonyl (C=O) groups is 1. The van der Waals surface area contributed by atoms with Gasteiger partial charge >= 0.3 is 0 Å². The number of benzene rings is 2. The van der Waals surface area contributed by atoms with Gasteiger partial charge in [-0.3, -0.25) is 4.79 Å². The number of aromatic nitrogens is 1. The normalized spacial score (nSPS) is 10.3. The summed E-state index contributed by atoms with van der Waals surface area (Å²) in [6, 6.07) is 21.8. The highest BCUT2D eigenvalue weighted by Crippen LogP contribution is 2.12. The summed E-state index contributed by atoms with van der Waals surface area (Å²) < 4.78 is 0. The van der Waals surface area contributed by atoms with Crippen molar-refractivity contribution < 1.29 is 4.79 Å². The number of carbonyl (C=O) groups excluding carboxylic acids is 1. The van der Waals surface area contributed by atoms with E-state index in [1.165, 1.54) is 5.56 Å². The number of nitrogens with one attached hydrogen (secondary N) is 2. The molecule has 0 aliphatic rings. The van der Waals surface area contributed by atoms with E-state index in [1.54, 1.807) is 12.3 Å². The first-order chi connectivity index (χ1) is 12.7. The molecule has 0 unspecified atom stereocenters. The second kappa shape index (κ2) is 8.81. The molecule has 0 bridgehead atoms. The fourth-order valence-electron chi connectivity index (χ4n) is 2.63. The number of nitrogens with zero attached hydrogens (tertiary/aromatic N) is 1. The van der Waals surface area contributed by atoms with Gasteiger partial charge in [-0.1, -0.05) is 48.0 Å². The lowest BCUT2D eigenvalue weighted by molar-refractivity contribution is 0.102. The van der Waals surface area contributed by atoms with Gasteiger partial charge in [0.2, 0.25) is 0 Å². The van der Waals surface area contributed by atoms with Crippen molar-refractivity contribution in [2.75, 3.05) is 17.2 Å². The van der Waals surface area contributed by atoms with Crippen molar-refractivity contribution >= 4 is 17.4 Å². The quantitative estimate of drug-likeness (QED) is 0.611. The fourth-order valence-corrected chi connectivity index (χ4v) is 2.63. The minimum atomic E-state index is -0.156. The van der Waals surface area contributed by atoms with E-state index < -0.39 is 0 Å². The molecule has 1 heterocycles. The maximum Gasteiger partial charge on any atom is 0.257 e. The molecule has 0 saturated heterocycles. The Morgan fingerprint density at radius 3 is 2.42 bits per heavy atom. The van der Waals surface area contributed by atoms with Crippen molar-refractivity contribution in [2.45, 2.75) is 19.8 Å².